The van der Waals surface area contributed by atoms with Gasteiger partial charge in [-0.3, -0.25) is 4.79 Å². The van der Waals surface area contributed by atoms with Crippen LogP contribution in [-0.2, 0) is 9.53 Å². The van der Waals surface area contributed by atoms with E-state index in [9.17, 15) is 19.8 Å². The van der Waals surface area contributed by atoms with E-state index in [-0.39, 0.29) is 16.9 Å². The van der Waals surface area contributed by atoms with Crippen LogP contribution >= 0.6 is 0 Å². The van der Waals surface area contributed by atoms with Crippen LogP contribution in [0.25, 0.3) is 0 Å². The van der Waals surface area contributed by atoms with Crippen LogP contribution < -0.4 is 10.5 Å². The van der Waals surface area contributed by atoms with Gasteiger partial charge >= 0.3 is 5.97 Å². The monoisotopic (exact) mass is 269 g/mol. The van der Waals surface area contributed by atoms with Crippen LogP contribution in [0.4, 0.5) is 0 Å². The summed E-state index contributed by atoms with van der Waals surface area (Å²) < 4.78 is 9.54. The number of hydrogen-bond acceptors (Lipinski definition) is 6. The Morgan fingerprint density at radius 1 is 1.26 bits per heavy atom. The highest BCUT2D eigenvalue weighted by atomic mass is 16.5. The van der Waals surface area contributed by atoms with Gasteiger partial charge in [-0.2, -0.15) is 0 Å². The molecule has 0 spiro atoms. The molecule has 19 heavy (non-hydrogen) atoms. The van der Waals surface area contributed by atoms with Gasteiger partial charge in [-0.1, -0.05) is 6.07 Å². The number of methoxy groups -OCH3 is 2. The van der Waals surface area contributed by atoms with Gasteiger partial charge in [0.2, 0.25) is 5.91 Å². The summed E-state index contributed by atoms with van der Waals surface area (Å²) >= 11 is 0. The standard InChI is InChI=1S/C12H15NO6/c1-18-8-5-6(12(17)19-2)3-4-7(8)9(14)10(15)11(13)16/h3-5,9-10,14-15H,1-2H3,(H2,13,16). The molecule has 1 aromatic carbocycles. The van der Waals surface area contributed by atoms with Gasteiger partial charge < -0.3 is 25.4 Å². The quantitative estimate of drug-likeness (QED) is 0.612. The summed E-state index contributed by atoms with van der Waals surface area (Å²) in [5, 5.41) is 19.2. The molecule has 1 amide bonds. The van der Waals surface area contributed by atoms with Crippen molar-refractivity contribution in [2.45, 2.75) is 12.2 Å². The number of carbonyl (C=O) groups is 2. The number of hydrogen-bond donors (Lipinski definition) is 3. The first-order valence-corrected chi connectivity index (χ1v) is 5.34. The van der Waals surface area contributed by atoms with Gasteiger partial charge in [0.1, 0.15) is 11.9 Å². The van der Waals surface area contributed by atoms with Crippen molar-refractivity contribution < 1.29 is 29.3 Å². The fraction of sp³-hybridized carbons (Fsp3) is 0.333. The zero-order valence-electron chi connectivity index (χ0n) is 10.5. The molecule has 104 valence electrons. The van der Waals surface area contributed by atoms with E-state index in [1.807, 2.05) is 0 Å². The summed E-state index contributed by atoms with van der Waals surface area (Å²) in [5.41, 5.74) is 5.25. The first-order chi connectivity index (χ1) is 8.92. The molecule has 2 unspecified atom stereocenters. The van der Waals surface area contributed by atoms with Crippen molar-refractivity contribution in [1.29, 1.82) is 0 Å². The minimum absolute atomic E-state index is 0.135. The number of ether oxygens (including phenoxy) is 2. The molecule has 0 fully saturated rings. The lowest BCUT2D eigenvalue weighted by atomic mass is 10.0. The third-order valence-electron chi connectivity index (χ3n) is 2.56. The summed E-state index contributed by atoms with van der Waals surface area (Å²) in [6, 6.07) is 4.06. The molecule has 0 radical (unpaired) electrons. The normalized spacial score (nSPS) is 13.5. The Morgan fingerprint density at radius 3 is 2.37 bits per heavy atom. The van der Waals surface area contributed by atoms with Gasteiger partial charge in [-0.05, 0) is 12.1 Å². The lowest BCUT2D eigenvalue weighted by Gasteiger charge is -2.18. The Bertz CT molecular complexity index is 487. The summed E-state index contributed by atoms with van der Waals surface area (Å²) in [4.78, 5) is 22.2. The van der Waals surface area contributed by atoms with Crippen LogP contribution in [0.3, 0.4) is 0 Å². The van der Waals surface area contributed by atoms with Crippen LogP contribution in [0.5, 0.6) is 5.75 Å². The third kappa shape index (κ3) is 3.21. The molecule has 2 atom stereocenters. The topological polar surface area (TPSA) is 119 Å². The summed E-state index contributed by atoms with van der Waals surface area (Å²) in [6.45, 7) is 0. The summed E-state index contributed by atoms with van der Waals surface area (Å²) in [6.07, 6.45) is -3.31. The zero-order chi connectivity index (χ0) is 14.6. The van der Waals surface area contributed by atoms with Gasteiger partial charge in [-0.15, -0.1) is 0 Å². The Balaban J connectivity index is 3.15. The molecule has 0 saturated carbocycles. The maximum atomic E-state index is 11.3. The van der Waals surface area contributed by atoms with Crippen molar-refractivity contribution in [3.63, 3.8) is 0 Å². The Labute approximate surface area is 109 Å². The van der Waals surface area contributed by atoms with Gasteiger partial charge in [0.15, 0.2) is 6.10 Å². The number of esters is 1. The molecule has 7 nitrogen and oxygen atoms in total. The van der Waals surface area contributed by atoms with E-state index in [1.165, 1.54) is 32.4 Å². The average molecular weight is 269 g/mol. The molecule has 0 aliphatic rings. The fourth-order valence-electron chi connectivity index (χ4n) is 1.53. The van der Waals surface area contributed by atoms with Crippen molar-refractivity contribution in [1.82, 2.24) is 0 Å². The molecule has 0 aliphatic carbocycles. The summed E-state index contributed by atoms with van der Waals surface area (Å²) in [7, 11) is 2.55. The number of aliphatic hydroxyl groups is 2. The van der Waals surface area contributed by atoms with Crippen molar-refractivity contribution in [3.05, 3.63) is 29.3 Å². The van der Waals surface area contributed by atoms with Crippen LogP contribution in [0.2, 0.25) is 0 Å². The van der Waals surface area contributed by atoms with Crippen molar-refractivity contribution in [3.8, 4) is 5.75 Å². The minimum atomic E-state index is -1.77. The van der Waals surface area contributed by atoms with E-state index in [0.29, 0.717) is 0 Å². The number of rotatable bonds is 5. The maximum Gasteiger partial charge on any atom is 0.337 e. The largest absolute Gasteiger partial charge is 0.496 e. The number of amides is 1. The Hall–Kier alpha value is -2.12. The van der Waals surface area contributed by atoms with E-state index in [2.05, 4.69) is 4.74 Å². The fourth-order valence-corrected chi connectivity index (χ4v) is 1.53. The zero-order valence-corrected chi connectivity index (χ0v) is 10.5. The highest BCUT2D eigenvalue weighted by molar-refractivity contribution is 5.90. The smallest absolute Gasteiger partial charge is 0.337 e. The molecule has 4 N–H and O–H groups in total. The molecule has 0 bridgehead atoms. The molecule has 1 aromatic rings. The number of aliphatic hydroxyl groups excluding tert-OH is 2. The van der Waals surface area contributed by atoms with Crippen LogP contribution in [-0.4, -0.2) is 42.4 Å². The number of nitrogens with two attached hydrogens (primary N) is 1. The van der Waals surface area contributed by atoms with E-state index in [4.69, 9.17) is 10.5 Å². The Kier molecular flexibility index (Phi) is 4.85. The van der Waals surface area contributed by atoms with Gasteiger partial charge in [-0.25, -0.2) is 4.79 Å². The van der Waals surface area contributed by atoms with Crippen molar-refractivity contribution in [2.75, 3.05) is 14.2 Å². The molecule has 0 heterocycles. The molecule has 0 saturated heterocycles. The van der Waals surface area contributed by atoms with Gasteiger partial charge in [0.25, 0.3) is 0 Å². The average Bonchev–Trinajstić information content (AvgIpc) is 2.43. The van der Waals surface area contributed by atoms with E-state index < -0.39 is 24.1 Å². The summed E-state index contributed by atoms with van der Waals surface area (Å²) in [5.74, 6) is -1.50. The van der Waals surface area contributed by atoms with Crippen molar-refractivity contribution >= 4 is 11.9 Å². The minimum Gasteiger partial charge on any atom is -0.496 e. The second-order valence-corrected chi connectivity index (χ2v) is 3.74. The molecule has 0 aliphatic heterocycles. The lowest BCUT2D eigenvalue weighted by molar-refractivity contribution is -0.132. The highest BCUT2D eigenvalue weighted by Gasteiger charge is 2.26. The van der Waals surface area contributed by atoms with Gasteiger partial charge in [0.05, 0.1) is 19.8 Å². The molecule has 7 heteroatoms. The second-order valence-electron chi connectivity index (χ2n) is 3.74. The number of carbonyl (C=O) groups excluding carboxylic acids is 2. The lowest BCUT2D eigenvalue weighted by Crippen LogP contribution is -2.34. The van der Waals surface area contributed by atoms with Gasteiger partial charge in [0, 0.05) is 5.56 Å². The number of benzene rings is 1. The van der Waals surface area contributed by atoms with Crippen LogP contribution in [0.15, 0.2) is 18.2 Å². The van der Waals surface area contributed by atoms with Crippen molar-refractivity contribution in [2.24, 2.45) is 5.73 Å². The molecule has 1 rings (SSSR count). The molecular weight excluding hydrogens is 254 g/mol. The van der Waals surface area contributed by atoms with E-state index in [1.54, 1.807) is 0 Å². The molecular formula is C12H15NO6. The van der Waals surface area contributed by atoms with Crippen LogP contribution in [0.1, 0.15) is 22.0 Å². The molecule has 0 aromatic heterocycles. The van der Waals surface area contributed by atoms with E-state index in [0.717, 1.165) is 0 Å². The second kappa shape index (κ2) is 6.17. The first kappa shape index (κ1) is 14.9. The predicted molar refractivity (Wildman–Crippen MR) is 64.5 cm³/mol. The Morgan fingerprint density at radius 2 is 1.89 bits per heavy atom. The SMILES string of the molecule is COC(=O)c1ccc(C(O)C(O)C(N)=O)c(OC)c1. The number of primary amides is 1. The van der Waals surface area contributed by atoms with E-state index >= 15 is 0 Å². The predicted octanol–water partition coefficient (Wildman–Crippen LogP) is -0.639. The first-order valence-electron chi connectivity index (χ1n) is 5.34. The van der Waals surface area contributed by atoms with Crippen LogP contribution in [0, 0.1) is 0 Å². The highest BCUT2D eigenvalue weighted by Crippen LogP contribution is 2.28. The maximum absolute atomic E-state index is 11.3. The third-order valence-corrected chi connectivity index (χ3v) is 2.56.